The molecular weight excluding hydrogens is 310 g/mol. The van der Waals surface area contributed by atoms with Gasteiger partial charge >= 0.3 is 0 Å². The normalized spacial score (nSPS) is 13.4. The van der Waals surface area contributed by atoms with Crippen LogP contribution in [0.4, 0.5) is 0 Å². The number of hydrogen-bond acceptors (Lipinski definition) is 1. The van der Waals surface area contributed by atoms with Crippen LogP contribution < -0.4 is 5.32 Å². The van der Waals surface area contributed by atoms with E-state index in [1.807, 2.05) is 0 Å². The Morgan fingerprint density at radius 2 is 1.40 bits per heavy atom. The van der Waals surface area contributed by atoms with E-state index in [2.05, 4.69) is 80.1 Å². The molecule has 0 aliphatic carbocycles. The fraction of sp³-hybridized carbons (Fsp3) is 0.667. The summed E-state index contributed by atoms with van der Waals surface area (Å²) in [6.45, 7) is 11.6. The van der Waals surface area contributed by atoms with Crippen LogP contribution in [0.25, 0.3) is 0 Å². The first kappa shape index (κ1) is 17.7. The quantitative estimate of drug-likeness (QED) is 0.665. The van der Waals surface area contributed by atoms with Gasteiger partial charge in [0.1, 0.15) is 0 Å². The minimum absolute atomic E-state index is 0.527. The molecule has 0 bridgehead atoms. The van der Waals surface area contributed by atoms with E-state index in [1.54, 1.807) is 0 Å². The number of benzene rings is 1. The van der Waals surface area contributed by atoms with Crippen molar-refractivity contribution in [3.8, 4) is 0 Å². The standard InChI is InChI=1S/C18H30BrN/c1-13(2)10-18(11-14(3)4)20-15(5)12-16-6-8-17(19)9-7-16/h6-9,13-15,18,20H,10-12H2,1-5H3. The Hall–Kier alpha value is -0.340. The van der Waals surface area contributed by atoms with Crippen LogP contribution in [0.5, 0.6) is 0 Å². The molecule has 1 aromatic carbocycles. The lowest BCUT2D eigenvalue weighted by atomic mass is 9.94. The van der Waals surface area contributed by atoms with Crippen LogP contribution in [0.2, 0.25) is 0 Å². The molecule has 2 heteroatoms. The maximum atomic E-state index is 3.83. The molecule has 114 valence electrons. The summed E-state index contributed by atoms with van der Waals surface area (Å²) in [5, 5.41) is 3.83. The highest BCUT2D eigenvalue weighted by Gasteiger charge is 2.15. The van der Waals surface area contributed by atoms with Crippen molar-refractivity contribution >= 4 is 15.9 Å². The van der Waals surface area contributed by atoms with E-state index in [9.17, 15) is 0 Å². The Morgan fingerprint density at radius 3 is 1.85 bits per heavy atom. The van der Waals surface area contributed by atoms with Gasteiger partial charge in [-0.2, -0.15) is 0 Å². The van der Waals surface area contributed by atoms with Crippen molar-refractivity contribution in [2.75, 3.05) is 0 Å². The van der Waals surface area contributed by atoms with Gasteiger partial charge in [0.2, 0.25) is 0 Å². The van der Waals surface area contributed by atoms with Crippen LogP contribution in [-0.2, 0) is 6.42 Å². The van der Waals surface area contributed by atoms with Crippen LogP contribution in [-0.4, -0.2) is 12.1 Å². The molecule has 0 saturated heterocycles. The molecule has 1 unspecified atom stereocenters. The van der Waals surface area contributed by atoms with Crippen molar-refractivity contribution in [2.24, 2.45) is 11.8 Å². The molecule has 0 spiro atoms. The molecule has 0 saturated carbocycles. The molecule has 20 heavy (non-hydrogen) atoms. The van der Waals surface area contributed by atoms with Crippen LogP contribution in [0.3, 0.4) is 0 Å². The van der Waals surface area contributed by atoms with Crippen LogP contribution in [0.1, 0.15) is 53.0 Å². The molecule has 0 fully saturated rings. The van der Waals surface area contributed by atoms with Crippen molar-refractivity contribution in [1.29, 1.82) is 0 Å². The topological polar surface area (TPSA) is 12.0 Å². The maximum Gasteiger partial charge on any atom is 0.0175 e. The first-order valence-electron chi connectivity index (χ1n) is 7.87. The van der Waals surface area contributed by atoms with Crippen LogP contribution in [0, 0.1) is 11.8 Å². The Morgan fingerprint density at radius 1 is 0.900 bits per heavy atom. The molecule has 0 aromatic heterocycles. The SMILES string of the molecule is CC(C)CC(CC(C)C)NC(C)Cc1ccc(Br)cc1. The van der Waals surface area contributed by atoms with E-state index >= 15 is 0 Å². The predicted molar refractivity (Wildman–Crippen MR) is 93.1 cm³/mol. The zero-order valence-electron chi connectivity index (χ0n) is 13.6. The van der Waals surface area contributed by atoms with Gasteiger partial charge in [0.25, 0.3) is 0 Å². The summed E-state index contributed by atoms with van der Waals surface area (Å²) in [6, 6.07) is 9.84. The summed E-state index contributed by atoms with van der Waals surface area (Å²) >= 11 is 3.49. The molecular formula is C18H30BrN. The number of nitrogens with one attached hydrogen (secondary N) is 1. The number of rotatable bonds is 8. The highest BCUT2D eigenvalue weighted by molar-refractivity contribution is 9.10. The number of hydrogen-bond donors (Lipinski definition) is 1. The van der Waals surface area contributed by atoms with E-state index in [-0.39, 0.29) is 0 Å². The molecule has 1 atom stereocenters. The third kappa shape index (κ3) is 7.44. The fourth-order valence-electron chi connectivity index (χ4n) is 2.81. The van der Waals surface area contributed by atoms with E-state index < -0.39 is 0 Å². The van der Waals surface area contributed by atoms with Crippen molar-refractivity contribution in [1.82, 2.24) is 5.32 Å². The Bertz CT molecular complexity index is 360. The van der Waals surface area contributed by atoms with Gasteiger partial charge in [-0.05, 0) is 55.7 Å². The second-order valence-corrected chi connectivity index (χ2v) is 7.77. The van der Waals surface area contributed by atoms with Crippen LogP contribution >= 0.6 is 15.9 Å². The zero-order valence-corrected chi connectivity index (χ0v) is 15.2. The minimum atomic E-state index is 0.527. The Kier molecular flexibility index (Phi) is 7.83. The molecule has 1 N–H and O–H groups in total. The van der Waals surface area contributed by atoms with Gasteiger partial charge in [-0.1, -0.05) is 55.8 Å². The largest absolute Gasteiger partial charge is 0.311 e. The minimum Gasteiger partial charge on any atom is -0.311 e. The first-order valence-corrected chi connectivity index (χ1v) is 8.66. The van der Waals surface area contributed by atoms with Gasteiger partial charge in [0, 0.05) is 16.6 Å². The van der Waals surface area contributed by atoms with Gasteiger partial charge < -0.3 is 5.32 Å². The highest BCUT2D eigenvalue weighted by Crippen LogP contribution is 2.16. The smallest absolute Gasteiger partial charge is 0.0175 e. The molecule has 1 rings (SSSR count). The summed E-state index contributed by atoms with van der Waals surface area (Å²) in [5.74, 6) is 1.51. The fourth-order valence-corrected chi connectivity index (χ4v) is 3.07. The summed E-state index contributed by atoms with van der Waals surface area (Å²) in [7, 11) is 0. The van der Waals surface area contributed by atoms with Gasteiger partial charge in [0.05, 0.1) is 0 Å². The van der Waals surface area contributed by atoms with Crippen molar-refractivity contribution in [2.45, 2.75) is 66.0 Å². The second-order valence-electron chi connectivity index (χ2n) is 6.85. The van der Waals surface area contributed by atoms with Crippen molar-refractivity contribution in [3.05, 3.63) is 34.3 Å². The lowest BCUT2D eigenvalue weighted by Gasteiger charge is -2.26. The molecule has 0 aliphatic rings. The van der Waals surface area contributed by atoms with Crippen molar-refractivity contribution in [3.63, 3.8) is 0 Å². The lowest BCUT2D eigenvalue weighted by molar-refractivity contribution is 0.332. The third-order valence-corrected chi connectivity index (χ3v) is 4.02. The van der Waals surface area contributed by atoms with Crippen LogP contribution in [0.15, 0.2) is 28.7 Å². The van der Waals surface area contributed by atoms with Gasteiger partial charge in [-0.3, -0.25) is 0 Å². The van der Waals surface area contributed by atoms with Gasteiger partial charge in [-0.25, -0.2) is 0 Å². The second kappa shape index (κ2) is 8.84. The van der Waals surface area contributed by atoms with E-state index in [0.29, 0.717) is 12.1 Å². The third-order valence-electron chi connectivity index (χ3n) is 3.49. The molecule has 0 heterocycles. The molecule has 1 aromatic rings. The van der Waals surface area contributed by atoms with Gasteiger partial charge in [-0.15, -0.1) is 0 Å². The van der Waals surface area contributed by atoms with Gasteiger partial charge in [0.15, 0.2) is 0 Å². The highest BCUT2D eigenvalue weighted by atomic mass is 79.9. The average molecular weight is 340 g/mol. The maximum absolute atomic E-state index is 3.83. The summed E-state index contributed by atoms with van der Waals surface area (Å²) in [6.07, 6.45) is 3.63. The summed E-state index contributed by atoms with van der Waals surface area (Å²) < 4.78 is 1.15. The Balaban J connectivity index is 2.51. The Labute approximate surface area is 133 Å². The molecule has 1 nitrogen and oxygen atoms in total. The first-order chi connectivity index (χ1) is 9.36. The zero-order chi connectivity index (χ0) is 15.1. The van der Waals surface area contributed by atoms with E-state index in [0.717, 1.165) is 22.7 Å². The van der Waals surface area contributed by atoms with E-state index in [1.165, 1.54) is 18.4 Å². The molecule has 0 amide bonds. The monoisotopic (exact) mass is 339 g/mol. The summed E-state index contributed by atoms with van der Waals surface area (Å²) in [5.41, 5.74) is 1.40. The summed E-state index contributed by atoms with van der Waals surface area (Å²) in [4.78, 5) is 0. The molecule has 0 radical (unpaired) electrons. The molecule has 0 aliphatic heterocycles. The number of halogens is 1. The van der Waals surface area contributed by atoms with E-state index in [4.69, 9.17) is 0 Å². The average Bonchev–Trinajstić information content (AvgIpc) is 2.30. The lowest BCUT2D eigenvalue weighted by Crippen LogP contribution is -2.39. The van der Waals surface area contributed by atoms with Crippen molar-refractivity contribution < 1.29 is 0 Å². The predicted octanol–water partition coefficient (Wildman–Crippen LogP) is 5.43.